The summed E-state index contributed by atoms with van der Waals surface area (Å²) in [5.74, 6) is -0.177. The maximum Gasteiger partial charge on any atom is 0.416 e. The molecule has 1 aromatic rings. The van der Waals surface area contributed by atoms with Crippen LogP contribution in [0, 0.1) is 0 Å². The van der Waals surface area contributed by atoms with E-state index in [4.69, 9.17) is 0 Å². The molecule has 5 nitrogen and oxygen atoms in total. The molecule has 1 aromatic carbocycles. The number of carbonyl (C=O) groups is 2. The number of piperazine rings is 1. The molecule has 2 amide bonds. The van der Waals surface area contributed by atoms with Crippen molar-refractivity contribution >= 4 is 29.7 Å². The van der Waals surface area contributed by atoms with Gasteiger partial charge < -0.3 is 9.80 Å². The highest BCUT2D eigenvalue weighted by Crippen LogP contribution is 2.42. The molecule has 2 aliphatic carbocycles. The van der Waals surface area contributed by atoms with Gasteiger partial charge in [-0.2, -0.15) is 13.2 Å². The first-order chi connectivity index (χ1) is 17.8. The van der Waals surface area contributed by atoms with Crippen LogP contribution in [-0.2, 0) is 15.8 Å². The molecule has 2 saturated heterocycles. The number of alkyl halides is 3. The summed E-state index contributed by atoms with van der Waals surface area (Å²) >= 11 is 1.53. The molecule has 0 spiro atoms. The van der Waals surface area contributed by atoms with E-state index in [2.05, 4.69) is 4.90 Å². The first kappa shape index (κ1) is 26.6. The summed E-state index contributed by atoms with van der Waals surface area (Å²) in [6.45, 7) is 3.27. The second kappa shape index (κ2) is 11.4. The molecule has 0 bridgehead atoms. The van der Waals surface area contributed by atoms with Gasteiger partial charge in [0.15, 0.2) is 0 Å². The second-order valence-electron chi connectivity index (χ2n) is 10.8. The molecule has 0 radical (unpaired) electrons. The maximum atomic E-state index is 13.6. The number of thioether (sulfide) groups is 1. The standard InChI is InChI=1S/C28H36F3N3O2S/c29-28(30,31)21-12-10-20(11-13-21)18-25-27(36)34(23-8-4-5-9-24(23)37-25)19-26(35)33-16-14-32(15-17-33)22-6-2-1-3-7-22/h10-13,18,22-24H,1-9,14-17,19H2/b25-18-. The van der Waals surface area contributed by atoms with Gasteiger partial charge in [0.05, 0.1) is 10.5 Å². The second-order valence-corrected chi connectivity index (χ2v) is 12.1. The van der Waals surface area contributed by atoms with E-state index in [1.54, 1.807) is 11.0 Å². The predicted molar refractivity (Wildman–Crippen MR) is 140 cm³/mol. The van der Waals surface area contributed by atoms with Crippen LogP contribution in [0.2, 0.25) is 0 Å². The Bertz CT molecular complexity index is 999. The molecular formula is C28H36F3N3O2S. The lowest BCUT2D eigenvalue weighted by Gasteiger charge is -2.45. The number of amides is 2. The zero-order chi connectivity index (χ0) is 26.0. The van der Waals surface area contributed by atoms with Crippen LogP contribution < -0.4 is 0 Å². The number of benzene rings is 1. The number of nitrogens with zero attached hydrogens (tertiary/aromatic N) is 3. The van der Waals surface area contributed by atoms with E-state index in [-0.39, 0.29) is 29.7 Å². The van der Waals surface area contributed by atoms with Gasteiger partial charge >= 0.3 is 6.18 Å². The average molecular weight is 536 g/mol. The summed E-state index contributed by atoms with van der Waals surface area (Å²) in [7, 11) is 0. The molecule has 2 atom stereocenters. The molecule has 9 heteroatoms. The zero-order valence-electron chi connectivity index (χ0n) is 21.2. The minimum Gasteiger partial charge on any atom is -0.339 e. The van der Waals surface area contributed by atoms with Crippen molar-refractivity contribution in [2.75, 3.05) is 32.7 Å². The van der Waals surface area contributed by atoms with Gasteiger partial charge in [-0.25, -0.2) is 0 Å². The van der Waals surface area contributed by atoms with E-state index in [0.29, 0.717) is 29.6 Å². The normalized spacial score (nSPS) is 27.4. The van der Waals surface area contributed by atoms with Gasteiger partial charge in [-0.15, -0.1) is 11.8 Å². The van der Waals surface area contributed by atoms with Crippen molar-refractivity contribution in [1.82, 2.24) is 14.7 Å². The van der Waals surface area contributed by atoms with E-state index >= 15 is 0 Å². The highest BCUT2D eigenvalue weighted by atomic mass is 32.2. The van der Waals surface area contributed by atoms with Crippen molar-refractivity contribution in [3.8, 4) is 0 Å². The summed E-state index contributed by atoms with van der Waals surface area (Å²) in [6.07, 6.45) is 7.70. The fraction of sp³-hybridized carbons (Fsp3) is 0.643. The van der Waals surface area contributed by atoms with Crippen LogP contribution in [0.25, 0.3) is 6.08 Å². The van der Waals surface area contributed by atoms with Crippen molar-refractivity contribution in [2.45, 2.75) is 81.3 Å². The Balaban J connectivity index is 1.26. The first-order valence-corrected chi connectivity index (χ1v) is 14.6. The first-order valence-electron chi connectivity index (χ1n) is 13.7. The fourth-order valence-electron chi connectivity index (χ4n) is 6.31. The van der Waals surface area contributed by atoms with Gasteiger partial charge in [0.25, 0.3) is 5.91 Å². The van der Waals surface area contributed by atoms with E-state index in [9.17, 15) is 22.8 Å². The Kier molecular flexibility index (Phi) is 8.19. The van der Waals surface area contributed by atoms with Crippen LogP contribution in [-0.4, -0.2) is 76.6 Å². The third-order valence-corrected chi connectivity index (χ3v) is 9.82. The van der Waals surface area contributed by atoms with Crippen molar-refractivity contribution < 1.29 is 22.8 Å². The Morgan fingerprint density at radius 1 is 0.919 bits per heavy atom. The number of hydrogen-bond donors (Lipinski definition) is 0. The van der Waals surface area contributed by atoms with E-state index in [1.165, 1.54) is 56.0 Å². The highest BCUT2D eigenvalue weighted by Gasteiger charge is 2.42. The maximum absolute atomic E-state index is 13.6. The lowest BCUT2D eigenvalue weighted by atomic mass is 9.93. The molecule has 2 saturated carbocycles. The van der Waals surface area contributed by atoms with Gasteiger partial charge in [0.1, 0.15) is 6.54 Å². The lowest BCUT2D eigenvalue weighted by Crippen LogP contribution is -2.57. The third-order valence-electron chi connectivity index (χ3n) is 8.42. The van der Waals surface area contributed by atoms with Crippen molar-refractivity contribution in [1.29, 1.82) is 0 Å². The zero-order valence-corrected chi connectivity index (χ0v) is 22.0. The van der Waals surface area contributed by atoms with Gasteiger partial charge in [-0.1, -0.05) is 44.2 Å². The molecule has 2 unspecified atom stereocenters. The van der Waals surface area contributed by atoms with Gasteiger partial charge in [-0.05, 0) is 49.5 Å². The van der Waals surface area contributed by atoms with Crippen LogP contribution in [0.4, 0.5) is 13.2 Å². The van der Waals surface area contributed by atoms with Gasteiger partial charge in [0.2, 0.25) is 5.91 Å². The molecule has 4 fully saturated rings. The topological polar surface area (TPSA) is 43.9 Å². The van der Waals surface area contributed by atoms with E-state index in [1.807, 2.05) is 4.90 Å². The molecule has 0 N–H and O–H groups in total. The largest absolute Gasteiger partial charge is 0.416 e. The van der Waals surface area contributed by atoms with Crippen LogP contribution in [0.3, 0.4) is 0 Å². The molecule has 2 heterocycles. The summed E-state index contributed by atoms with van der Waals surface area (Å²) in [6, 6.07) is 5.57. The SMILES string of the molecule is O=C(CN1C(=O)/C(=C/c2ccc(C(F)(F)F)cc2)SC2CCCCC21)N1CCN(C2CCCCC2)CC1. The Morgan fingerprint density at radius 2 is 1.57 bits per heavy atom. The molecule has 4 aliphatic rings. The number of hydrogen-bond acceptors (Lipinski definition) is 4. The smallest absolute Gasteiger partial charge is 0.339 e. The molecule has 2 aliphatic heterocycles. The predicted octanol–water partition coefficient (Wildman–Crippen LogP) is 5.41. The summed E-state index contributed by atoms with van der Waals surface area (Å²) in [4.78, 5) is 33.6. The van der Waals surface area contributed by atoms with Crippen molar-refractivity contribution in [3.63, 3.8) is 0 Å². The highest BCUT2D eigenvalue weighted by molar-refractivity contribution is 8.04. The fourth-order valence-corrected chi connectivity index (χ4v) is 7.78. The van der Waals surface area contributed by atoms with Crippen LogP contribution >= 0.6 is 11.8 Å². The van der Waals surface area contributed by atoms with Crippen molar-refractivity contribution in [2.24, 2.45) is 0 Å². The Labute approximate surface area is 221 Å². The molecular weight excluding hydrogens is 499 g/mol. The number of halogens is 3. The molecule has 5 rings (SSSR count). The van der Waals surface area contributed by atoms with E-state index < -0.39 is 11.7 Å². The van der Waals surface area contributed by atoms with Gasteiger partial charge in [0, 0.05) is 43.5 Å². The summed E-state index contributed by atoms with van der Waals surface area (Å²) in [5, 5.41) is 0.211. The summed E-state index contributed by atoms with van der Waals surface area (Å²) in [5.41, 5.74) is -0.149. The molecule has 37 heavy (non-hydrogen) atoms. The van der Waals surface area contributed by atoms with Crippen LogP contribution in [0.5, 0.6) is 0 Å². The minimum absolute atomic E-state index is 0.00162. The van der Waals surface area contributed by atoms with Crippen LogP contribution in [0.1, 0.15) is 68.9 Å². The lowest BCUT2D eigenvalue weighted by molar-refractivity contribution is -0.142. The third kappa shape index (κ3) is 6.19. The number of fused-ring (bicyclic) bond motifs is 1. The van der Waals surface area contributed by atoms with Crippen molar-refractivity contribution in [3.05, 3.63) is 40.3 Å². The Hall–Kier alpha value is -2.00. The molecule has 202 valence electrons. The number of rotatable bonds is 4. The quantitative estimate of drug-likeness (QED) is 0.484. The minimum atomic E-state index is -4.39. The van der Waals surface area contributed by atoms with Gasteiger partial charge in [-0.3, -0.25) is 14.5 Å². The van der Waals surface area contributed by atoms with Crippen LogP contribution in [0.15, 0.2) is 29.2 Å². The monoisotopic (exact) mass is 535 g/mol. The number of carbonyl (C=O) groups excluding carboxylic acids is 2. The Morgan fingerprint density at radius 3 is 2.24 bits per heavy atom. The molecule has 0 aromatic heterocycles. The summed E-state index contributed by atoms with van der Waals surface area (Å²) < 4.78 is 38.8. The average Bonchev–Trinajstić information content (AvgIpc) is 2.91. The van der Waals surface area contributed by atoms with E-state index in [0.717, 1.165) is 50.9 Å².